The summed E-state index contributed by atoms with van der Waals surface area (Å²) in [4.78, 5) is 2.61. The summed E-state index contributed by atoms with van der Waals surface area (Å²) in [5.41, 5.74) is 1.35. The number of halogens is 2. The third kappa shape index (κ3) is 5.39. The van der Waals surface area contributed by atoms with Crippen LogP contribution in [-0.4, -0.2) is 24.5 Å². The monoisotopic (exact) mass is 391 g/mol. The molecule has 1 atom stereocenters. The smallest absolute Gasteiger partial charge is 0.146 e. The van der Waals surface area contributed by atoms with Gasteiger partial charge in [0.1, 0.15) is 11.5 Å². The first-order valence-electron chi connectivity index (χ1n) is 9.46. The fourth-order valence-electron chi connectivity index (χ4n) is 3.38. The van der Waals surface area contributed by atoms with Crippen LogP contribution in [0.3, 0.4) is 0 Å². The van der Waals surface area contributed by atoms with Gasteiger partial charge in [-0.3, -0.25) is 0 Å². The number of hydrogen-bond acceptors (Lipinski definition) is 2. The van der Waals surface area contributed by atoms with E-state index >= 15 is 0 Å². The molecule has 26 heavy (non-hydrogen) atoms. The van der Waals surface area contributed by atoms with E-state index in [2.05, 4.69) is 30.9 Å². The summed E-state index contributed by atoms with van der Waals surface area (Å²) < 4.78 is 5.87. The van der Waals surface area contributed by atoms with Crippen LogP contribution in [0, 0.1) is 5.92 Å². The Kier molecular flexibility index (Phi) is 6.86. The fourth-order valence-corrected chi connectivity index (χ4v) is 3.82. The second-order valence-corrected chi connectivity index (χ2v) is 8.30. The van der Waals surface area contributed by atoms with Crippen LogP contribution in [0.25, 0.3) is 0 Å². The quantitative estimate of drug-likeness (QED) is 0.524. The van der Waals surface area contributed by atoms with E-state index in [1.807, 2.05) is 12.1 Å². The van der Waals surface area contributed by atoms with Gasteiger partial charge in [0.15, 0.2) is 0 Å². The van der Waals surface area contributed by atoms with E-state index in [0.29, 0.717) is 21.7 Å². The number of benzene rings is 2. The average Bonchev–Trinajstić information content (AvgIpc) is 2.64. The third-order valence-electron chi connectivity index (χ3n) is 5.33. The van der Waals surface area contributed by atoms with Crippen molar-refractivity contribution in [2.24, 2.45) is 5.92 Å². The van der Waals surface area contributed by atoms with E-state index in [0.717, 1.165) is 11.7 Å². The minimum Gasteiger partial charge on any atom is -0.456 e. The maximum absolute atomic E-state index is 6.17. The van der Waals surface area contributed by atoms with Crippen molar-refractivity contribution in [3.05, 3.63) is 58.1 Å². The van der Waals surface area contributed by atoms with E-state index in [-0.39, 0.29) is 0 Å². The second-order valence-electron chi connectivity index (χ2n) is 7.46. The highest BCUT2D eigenvalue weighted by molar-refractivity contribution is 6.35. The topological polar surface area (TPSA) is 12.5 Å². The molecule has 1 unspecified atom stereocenters. The van der Waals surface area contributed by atoms with Gasteiger partial charge >= 0.3 is 0 Å². The van der Waals surface area contributed by atoms with Crippen molar-refractivity contribution in [3.8, 4) is 11.5 Å². The number of nitrogens with zero attached hydrogens (tertiary/aromatic N) is 1. The summed E-state index contributed by atoms with van der Waals surface area (Å²) in [7, 11) is 0. The third-order valence-corrected chi connectivity index (χ3v) is 5.86. The van der Waals surface area contributed by atoms with Crippen LogP contribution in [0.15, 0.2) is 42.5 Å². The predicted octanol–water partition coefficient (Wildman–Crippen LogP) is 7.01. The molecule has 3 rings (SSSR count). The molecular weight excluding hydrogens is 365 g/mol. The first-order valence-corrected chi connectivity index (χ1v) is 10.2. The summed E-state index contributed by atoms with van der Waals surface area (Å²) >= 11 is 12.1. The normalized spacial score (nSPS) is 17.2. The van der Waals surface area contributed by atoms with Gasteiger partial charge in [0.25, 0.3) is 0 Å². The van der Waals surface area contributed by atoms with Gasteiger partial charge in [0.2, 0.25) is 0 Å². The van der Waals surface area contributed by atoms with E-state index in [4.69, 9.17) is 27.9 Å². The molecule has 4 heteroatoms. The lowest BCUT2D eigenvalue weighted by molar-refractivity contribution is 0.187. The summed E-state index contributed by atoms with van der Waals surface area (Å²) in [5, 5.41) is 1.13. The Labute approximate surface area is 167 Å². The Bertz CT molecular complexity index is 709. The zero-order valence-corrected chi connectivity index (χ0v) is 17.1. The maximum atomic E-state index is 6.17. The molecule has 0 radical (unpaired) electrons. The van der Waals surface area contributed by atoms with Gasteiger partial charge in [0, 0.05) is 5.02 Å². The van der Waals surface area contributed by atoms with Crippen molar-refractivity contribution in [1.29, 1.82) is 0 Å². The number of rotatable bonds is 6. The van der Waals surface area contributed by atoms with Crippen LogP contribution in [-0.2, 0) is 0 Å². The highest BCUT2D eigenvalue weighted by Crippen LogP contribution is 2.32. The minimum absolute atomic E-state index is 0.519. The summed E-state index contributed by atoms with van der Waals surface area (Å²) in [6.07, 6.45) is 3.87. The highest BCUT2D eigenvalue weighted by atomic mass is 35.5. The van der Waals surface area contributed by atoms with Crippen LogP contribution in [0.1, 0.15) is 44.6 Å². The molecule has 1 heterocycles. The Morgan fingerprint density at radius 2 is 1.77 bits per heavy atom. The molecule has 1 fully saturated rings. The van der Waals surface area contributed by atoms with Crippen LogP contribution < -0.4 is 4.74 Å². The number of likely N-dealkylation sites (tertiary alicyclic amines) is 1. The molecule has 0 bridgehead atoms. The van der Waals surface area contributed by atoms with Gasteiger partial charge in [-0.25, -0.2) is 0 Å². The van der Waals surface area contributed by atoms with Gasteiger partial charge in [-0.05, 0) is 86.6 Å². The number of piperidine rings is 1. The molecular formula is C22H27Cl2NO. The first-order chi connectivity index (χ1) is 12.5. The Hall–Kier alpha value is -1.22. The molecule has 140 valence electrons. The van der Waals surface area contributed by atoms with E-state index in [1.165, 1.54) is 44.5 Å². The van der Waals surface area contributed by atoms with Crippen LogP contribution in [0.4, 0.5) is 0 Å². The molecule has 1 aliphatic heterocycles. The average molecular weight is 392 g/mol. The second kappa shape index (κ2) is 9.12. The van der Waals surface area contributed by atoms with Gasteiger partial charge < -0.3 is 9.64 Å². The first kappa shape index (κ1) is 19.5. The molecule has 0 N–H and O–H groups in total. The number of ether oxygens (including phenoxy) is 1. The van der Waals surface area contributed by atoms with Gasteiger partial charge in [-0.15, -0.1) is 0 Å². The zero-order chi connectivity index (χ0) is 18.5. The van der Waals surface area contributed by atoms with Crippen LogP contribution >= 0.6 is 23.2 Å². The van der Waals surface area contributed by atoms with E-state index in [1.54, 1.807) is 18.2 Å². The predicted molar refractivity (Wildman–Crippen MR) is 111 cm³/mol. The lowest BCUT2D eigenvalue weighted by Gasteiger charge is -2.31. The molecule has 1 aliphatic rings. The van der Waals surface area contributed by atoms with Gasteiger partial charge in [0.05, 0.1) is 5.02 Å². The molecule has 1 saturated heterocycles. The summed E-state index contributed by atoms with van der Waals surface area (Å²) in [6, 6.07) is 13.6. The molecule has 2 nitrogen and oxygen atoms in total. The van der Waals surface area contributed by atoms with E-state index in [9.17, 15) is 0 Å². The summed E-state index contributed by atoms with van der Waals surface area (Å²) in [5.74, 6) is 2.85. The Balaban J connectivity index is 1.53. The molecule has 0 amide bonds. The standard InChI is InChI=1S/C22H27Cl2NO/c1-16-9-12-25(13-10-16)14-11-17(2)18-3-6-20(7-4-18)26-22-8-5-19(23)15-21(22)24/h3-8,15-17H,9-14H2,1-2H3. The molecule has 0 saturated carbocycles. The molecule has 2 aromatic carbocycles. The van der Waals surface area contributed by atoms with Gasteiger partial charge in [-0.1, -0.05) is 49.2 Å². The lowest BCUT2D eigenvalue weighted by Crippen LogP contribution is -2.34. The SMILES string of the molecule is CC1CCN(CCC(C)c2ccc(Oc3ccc(Cl)cc3Cl)cc2)CC1. The number of hydrogen-bond donors (Lipinski definition) is 0. The molecule has 2 aromatic rings. The molecule has 0 aliphatic carbocycles. The largest absolute Gasteiger partial charge is 0.456 e. The van der Waals surface area contributed by atoms with Crippen molar-refractivity contribution in [3.63, 3.8) is 0 Å². The molecule has 0 aromatic heterocycles. The highest BCUT2D eigenvalue weighted by Gasteiger charge is 2.16. The van der Waals surface area contributed by atoms with Crippen molar-refractivity contribution >= 4 is 23.2 Å². The zero-order valence-electron chi connectivity index (χ0n) is 15.6. The Morgan fingerprint density at radius 3 is 2.42 bits per heavy atom. The lowest BCUT2D eigenvalue weighted by atomic mass is 9.95. The maximum Gasteiger partial charge on any atom is 0.146 e. The van der Waals surface area contributed by atoms with Crippen molar-refractivity contribution in [2.75, 3.05) is 19.6 Å². The van der Waals surface area contributed by atoms with Crippen LogP contribution in [0.5, 0.6) is 11.5 Å². The van der Waals surface area contributed by atoms with Crippen LogP contribution in [0.2, 0.25) is 10.0 Å². The molecule has 0 spiro atoms. The van der Waals surface area contributed by atoms with Crippen molar-refractivity contribution in [1.82, 2.24) is 4.90 Å². The fraction of sp³-hybridized carbons (Fsp3) is 0.455. The Morgan fingerprint density at radius 1 is 1.08 bits per heavy atom. The van der Waals surface area contributed by atoms with Crippen molar-refractivity contribution in [2.45, 2.75) is 39.0 Å². The minimum atomic E-state index is 0.519. The van der Waals surface area contributed by atoms with Crippen molar-refractivity contribution < 1.29 is 4.74 Å². The van der Waals surface area contributed by atoms with Gasteiger partial charge in [-0.2, -0.15) is 0 Å². The van der Waals surface area contributed by atoms with E-state index < -0.39 is 0 Å². The summed E-state index contributed by atoms with van der Waals surface area (Å²) in [6.45, 7) is 8.36.